The summed E-state index contributed by atoms with van der Waals surface area (Å²) in [5.74, 6) is 0.225. The lowest BCUT2D eigenvalue weighted by Gasteiger charge is -2.13. The fraction of sp³-hybridized carbons (Fsp3) is 0.471. The highest BCUT2D eigenvalue weighted by Gasteiger charge is 2.37. The molecule has 0 saturated heterocycles. The quantitative estimate of drug-likeness (QED) is 0.439. The van der Waals surface area contributed by atoms with Crippen LogP contribution in [0.5, 0.6) is 0 Å². The number of carbonyl (C=O) groups is 1. The Balaban J connectivity index is 1.46. The molecular weight excluding hydrogens is 373 g/mol. The van der Waals surface area contributed by atoms with Crippen LogP contribution in [-0.4, -0.2) is 30.8 Å². The summed E-state index contributed by atoms with van der Waals surface area (Å²) >= 11 is 1.31. The number of amides is 1. The Kier molecular flexibility index (Phi) is 4.58. The van der Waals surface area contributed by atoms with Crippen molar-refractivity contribution in [2.45, 2.75) is 55.0 Å². The topological polar surface area (TPSA) is 103 Å². The number of halogens is 1. The van der Waals surface area contributed by atoms with Gasteiger partial charge in [-0.1, -0.05) is 11.8 Å². The molecule has 27 heavy (non-hydrogen) atoms. The van der Waals surface area contributed by atoms with Crippen LogP contribution in [0, 0.1) is 15.9 Å². The molecule has 4 rings (SSSR count). The maximum Gasteiger partial charge on any atom is 0.306 e. The van der Waals surface area contributed by atoms with E-state index in [0.717, 1.165) is 48.8 Å². The van der Waals surface area contributed by atoms with Gasteiger partial charge >= 0.3 is 5.69 Å². The maximum absolute atomic E-state index is 13.4. The van der Waals surface area contributed by atoms with E-state index < -0.39 is 21.7 Å². The molecule has 1 amide bonds. The van der Waals surface area contributed by atoms with Crippen molar-refractivity contribution in [3.8, 4) is 0 Å². The highest BCUT2D eigenvalue weighted by molar-refractivity contribution is 8.00. The van der Waals surface area contributed by atoms with E-state index in [-0.39, 0.29) is 11.6 Å². The van der Waals surface area contributed by atoms with Gasteiger partial charge in [0.15, 0.2) is 5.16 Å². The number of anilines is 1. The lowest BCUT2D eigenvalue weighted by atomic mass is 10.2. The molecule has 142 valence electrons. The summed E-state index contributed by atoms with van der Waals surface area (Å²) in [7, 11) is 0. The predicted octanol–water partition coefficient (Wildman–Crippen LogP) is 3.66. The fourth-order valence-corrected chi connectivity index (χ4v) is 3.78. The molecule has 2 fully saturated rings. The van der Waals surface area contributed by atoms with Crippen LogP contribution in [0.2, 0.25) is 0 Å². The van der Waals surface area contributed by atoms with E-state index in [2.05, 4.69) is 20.1 Å². The van der Waals surface area contributed by atoms with Crippen molar-refractivity contribution < 1.29 is 14.1 Å². The first kappa shape index (κ1) is 17.9. The zero-order chi connectivity index (χ0) is 19.1. The molecule has 0 radical (unpaired) electrons. The van der Waals surface area contributed by atoms with Crippen LogP contribution >= 0.6 is 11.8 Å². The first-order valence-electron chi connectivity index (χ1n) is 8.80. The Morgan fingerprint density at radius 2 is 2.11 bits per heavy atom. The van der Waals surface area contributed by atoms with Crippen LogP contribution in [0.1, 0.15) is 50.4 Å². The van der Waals surface area contributed by atoms with Crippen LogP contribution in [0.4, 0.5) is 15.8 Å². The molecular formula is C17H18FN5O3S. The van der Waals surface area contributed by atoms with Crippen molar-refractivity contribution in [3.63, 3.8) is 0 Å². The van der Waals surface area contributed by atoms with Crippen LogP contribution in [-0.2, 0) is 4.79 Å². The van der Waals surface area contributed by atoms with E-state index in [9.17, 15) is 19.3 Å². The van der Waals surface area contributed by atoms with Crippen molar-refractivity contribution in [2.24, 2.45) is 0 Å². The summed E-state index contributed by atoms with van der Waals surface area (Å²) in [6.45, 7) is 1.74. The average Bonchev–Trinajstić information content (AvgIpc) is 3.55. The second-order valence-electron chi connectivity index (χ2n) is 6.89. The maximum atomic E-state index is 13.4. The Morgan fingerprint density at radius 1 is 1.37 bits per heavy atom. The minimum absolute atomic E-state index is 0.183. The molecule has 10 heteroatoms. The summed E-state index contributed by atoms with van der Waals surface area (Å²) < 4.78 is 15.6. The monoisotopic (exact) mass is 391 g/mol. The Hall–Kier alpha value is -2.49. The van der Waals surface area contributed by atoms with Gasteiger partial charge in [0.2, 0.25) is 11.7 Å². The molecule has 2 aliphatic rings. The van der Waals surface area contributed by atoms with Gasteiger partial charge in [-0.3, -0.25) is 14.9 Å². The highest BCUT2D eigenvalue weighted by atomic mass is 32.2. The molecule has 1 aromatic heterocycles. The molecule has 1 aromatic carbocycles. The number of rotatable bonds is 7. The number of hydrogen-bond donors (Lipinski definition) is 1. The minimum Gasteiger partial charge on any atom is -0.325 e. The molecule has 0 spiro atoms. The predicted molar refractivity (Wildman–Crippen MR) is 97.3 cm³/mol. The minimum atomic E-state index is -0.939. The van der Waals surface area contributed by atoms with Gasteiger partial charge in [-0.15, -0.1) is 10.2 Å². The third kappa shape index (κ3) is 3.80. The second kappa shape index (κ2) is 6.91. The van der Waals surface area contributed by atoms with Crippen LogP contribution < -0.4 is 5.32 Å². The van der Waals surface area contributed by atoms with Gasteiger partial charge in [0.05, 0.1) is 10.2 Å². The van der Waals surface area contributed by atoms with Crippen molar-refractivity contribution in [1.29, 1.82) is 0 Å². The molecule has 0 unspecified atom stereocenters. The third-order valence-corrected chi connectivity index (χ3v) is 5.66. The molecule has 2 aromatic rings. The molecule has 0 bridgehead atoms. The number of nitrogens with one attached hydrogen (secondary N) is 1. The molecule has 1 heterocycles. The summed E-state index contributed by atoms with van der Waals surface area (Å²) in [5.41, 5.74) is -0.487. The van der Waals surface area contributed by atoms with Gasteiger partial charge in [0, 0.05) is 23.7 Å². The normalized spacial score (nSPS) is 17.6. The molecule has 0 aliphatic heterocycles. The van der Waals surface area contributed by atoms with Crippen molar-refractivity contribution in [3.05, 3.63) is 40.0 Å². The summed E-state index contributed by atoms with van der Waals surface area (Å²) in [6.07, 6.45) is 4.47. The number of benzene rings is 1. The van der Waals surface area contributed by atoms with Gasteiger partial charge in [-0.2, -0.15) is 4.39 Å². The van der Waals surface area contributed by atoms with E-state index in [1.807, 2.05) is 0 Å². The molecule has 2 aliphatic carbocycles. The SMILES string of the molecule is C[C@@H](Sc1nnc(C2CC2)n1C1CC1)C(=O)Nc1ccc(F)c([N+](=O)[O-])c1. The van der Waals surface area contributed by atoms with Crippen LogP contribution in [0.3, 0.4) is 0 Å². The lowest BCUT2D eigenvalue weighted by molar-refractivity contribution is -0.387. The van der Waals surface area contributed by atoms with E-state index in [0.29, 0.717) is 12.0 Å². The highest BCUT2D eigenvalue weighted by Crippen LogP contribution is 2.46. The standard InChI is InChI=1S/C17H18FN5O3S/c1-9(16(24)19-11-4-7-13(18)14(8-11)23(25)26)27-17-21-20-15(10-2-3-10)22(17)12-5-6-12/h4,7-10,12H,2-3,5-6H2,1H3,(H,19,24)/t9-/m1/s1. The number of nitro benzene ring substituents is 1. The van der Waals surface area contributed by atoms with Gasteiger partial charge in [-0.25, -0.2) is 0 Å². The number of nitrogens with zero attached hydrogens (tertiary/aromatic N) is 4. The Bertz CT molecular complexity index is 910. The lowest BCUT2D eigenvalue weighted by Crippen LogP contribution is -2.23. The zero-order valence-electron chi connectivity index (χ0n) is 14.6. The van der Waals surface area contributed by atoms with Gasteiger partial charge in [0.1, 0.15) is 5.82 Å². The van der Waals surface area contributed by atoms with Crippen molar-refractivity contribution in [1.82, 2.24) is 14.8 Å². The van der Waals surface area contributed by atoms with Gasteiger partial charge < -0.3 is 9.88 Å². The molecule has 8 nitrogen and oxygen atoms in total. The van der Waals surface area contributed by atoms with E-state index in [1.54, 1.807) is 6.92 Å². The van der Waals surface area contributed by atoms with E-state index in [4.69, 9.17) is 0 Å². The number of thioether (sulfide) groups is 1. The molecule has 2 saturated carbocycles. The Morgan fingerprint density at radius 3 is 2.74 bits per heavy atom. The van der Waals surface area contributed by atoms with E-state index in [1.165, 1.54) is 17.8 Å². The van der Waals surface area contributed by atoms with Gasteiger partial charge in [0.25, 0.3) is 0 Å². The Labute approximate surface area is 158 Å². The molecule has 1 N–H and O–H groups in total. The number of hydrogen-bond acceptors (Lipinski definition) is 6. The zero-order valence-corrected chi connectivity index (χ0v) is 15.4. The second-order valence-corrected chi connectivity index (χ2v) is 8.20. The number of nitro groups is 1. The molecule has 1 atom stereocenters. The van der Waals surface area contributed by atoms with Gasteiger partial charge in [-0.05, 0) is 44.7 Å². The third-order valence-electron chi connectivity index (χ3n) is 4.61. The van der Waals surface area contributed by atoms with Crippen molar-refractivity contribution in [2.75, 3.05) is 5.32 Å². The van der Waals surface area contributed by atoms with Crippen LogP contribution in [0.15, 0.2) is 23.4 Å². The van der Waals surface area contributed by atoms with E-state index >= 15 is 0 Å². The first-order chi connectivity index (χ1) is 12.9. The van der Waals surface area contributed by atoms with Crippen molar-refractivity contribution >= 4 is 29.0 Å². The van der Waals surface area contributed by atoms with Crippen LogP contribution in [0.25, 0.3) is 0 Å². The fourth-order valence-electron chi connectivity index (χ4n) is 2.85. The number of aromatic nitrogens is 3. The average molecular weight is 391 g/mol. The summed E-state index contributed by atoms with van der Waals surface area (Å²) in [5, 5.41) is 22.3. The summed E-state index contributed by atoms with van der Waals surface area (Å²) in [6, 6.07) is 3.71. The largest absolute Gasteiger partial charge is 0.325 e. The first-order valence-corrected chi connectivity index (χ1v) is 9.68. The summed E-state index contributed by atoms with van der Waals surface area (Å²) in [4.78, 5) is 22.5. The number of carbonyl (C=O) groups excluding carboxylic acids is 1. The smallest absolute Gasteiger partial charge is 0.306 e.